The van der Waals surface area contributed by atoms with Gasteiger partial charge in [0, 0.05) is 6.54 Å². The van der Waals surface area contributed by atoms with E-state index in [9.17, 15) is 4.79 Å². The summed E-state index contributed by atoms with van der Waals surface area (Å²) in [5, 5.41) is 3.93. The molecular formula is C14H17N3O3. The Labute approximate surface area is 117 Å². The Hall–Kier alpha value is -2.08. The van der Waals surface area contributed by atoms with Crippen LogP contribution in [0.2, 0.25) is 0 Å². The zero-order chi connectivity index (χ0) is 13.9. The molecule has 0 amide bonds. The molecule has 1 aromatic carbocycles. The van der Waals surface area contributed by atoms with E-state index in [2.05, 4.69) is 5.16 Å². The topological polar surface area (TPSA) is 77.2 Å². The van der Waals surface area contributed by atoms with Crippen molar-refractivity contribution < 1.29 is 14.4 Å². The molecule has 3 rings (SSSR count). The first-order chi connectivity index (χ1) is 9.75. The van der Waals surface area contributed by atoms with Crippen molar-refractivity contribution in [2.75, 3.05) is 19.7 Å². The lowest BCUT2D eigenvalue weighted by Crippen LogP contribution is -2.41. The van der Waals surface area contributed by atoms with Crippen molar-refractivity contribution in [3.8, 4) is 0 Å². The second-order valence-electron chi connectivity index (χ2n) is 4.95. The molecule has 2 aliphatic rings. The highest BCUT2D eigenvalue weighted by atomic mass is 16.6. The maximum Gasteiger partial charge on any atom is 0.313 e. The molecule has 2 aliphatic heterocycles. The van der Waals surface area contributed by atoms with E-state index in [1.54, 1.807) is 0 Å². The Morgan fingerprint density at radius 3 is 3.00 bits per heavy atom. The number of esters is 1. The third-order valence-electron chi connectivity index (χ3n) is 3.61. The first kappa shape index (κ1) is 12.9. The van der Waals surface area contributed by atoms with Crippen LogP contribution in [0.3, 0.4) is 0 Å². The molecule has 2 heterocycles. The van der Waals surface area contributed by atoms with Gasteiger partial charge in [-0.15, -0.1) is 0 Å². The van der Waals surface area contributed by atoms with Crippen molar-refractivity contribution in [3.63, 3.8) is 0 Å². The molecule has 2 atom stereocenters. The van der Waals surface area contributed by atoms with Gasteiger partial charge < -0.3 is 20.2 Å². The number of nitrogens with two attached hydrogens (primary N) is 1. The molecule has 0 spiro atoms. The quantitative estimate of drug-likeness (QED) is 0.805. The molecule has 6 heteroatoms. The fourth-order valence-corrected chi connectivity index (χ4v) is 2.48. The smallest absolute Gasteiger partial charge is 0.313 e. The van der Waals surface area contributed by atoms with E-state index < -0.39 is 6.04 Å². The van der Waals surface area contributed by atoms with Gasteiger partial charge in [0.25, 0.3) is 0 Å². The van der Waals surface area contributed by atoms with Gasteiger partial charge >= 0.3 is 5.97 Å². The zero-order valence-corrected chi connectivity index (χ0v) is 11.1. The highest BCUT2D eigenvalue weighted by Crippen LogP contribution is 2.22. The Morgan fingerprint density at radius 1 is 1.45 bits per heavy atom. The number of benzene rings is 1. The van der Waals surface area contributed by atoms with Gasteiger partial charge in [-0.05, 0) is 5.56 Å². The number of hydrogen-bond acceptors (Lipinski definition) is 6. The van der Waals surface area contributed by atoms with Crippen LogP contribution in [-0.4, -0.2) is 42.4 Å². The minimum Gasteiger partial charge on any atom is -0.460 e. The van der Waals surface area contributed by atoms with Crippen LogP contribution in [0.5, 0.6) is 0 Å². The average Bonchev–Trinajstić information content (AvgIpc) is 2.84. The van der Waals surface area contributed by atoms with Crippen molar-refractivity contribution in [2.45, 2.75) is 12.6 Å². The zero-order valence-electron chi connectivity index (χ0n) is 11.1. The van der Waals surface area contributed by atoms with Crippen LogP contribution in [0, 0.1) is 5.92 Å². The Bertz CT molecular complexity index is 518. The predicted octanol–water partition coefficient (Wildman–Crippen LogP) is 0.333. The molecular weight excluding hydrogens is 258 g/mol. The van der Waals surface area contributed by atoms with Gasteiger partial charge in [-0.25, -0.2) is 0 Å². The number of carbonyl (C=O) groups excluding carboxylic acids is 1. The molecule has 1 fully saturated rings. The lowest BCUT2D eigenvalue weighted by atomic mass is 10.0. The van der Waals surface area contributed by atoms with Gasteiger partial charge in [-0.2, -0.15) is 0 Å². The van der Waals surface area contributed by atoms with Gasteiger partial charge in [-0.1, -0.05) is 35.5 Å². The van der Waals surface area contributed by atoms with E-state index >= 15 is 0 Å². The van der Waals surface area contributed by atoms with Gasteiger partial charge in [0.15, 0.2) is 5.84 Å². The van der Waals surface area contributed by atoms with E-state index in [4.69, 9.17) is 15.3 Å². The van der Waals surface area contributed by atoms with Crippen LogP contribution in [-0.2, 0) is 21.0 Å². The van der Waals surface area contributed by atoms with E-state index in [0.29, 0.717) is 19.0 Å². The molecule has 0 aliphatic carbocycles. The summed E-state index contributed by atoms with van der Waals surface area (Å²) < 4.78 is 5.35. The van der Waals surface area contributed by atoms with Crippen LogP contribution in [0.25, 0.3) is 0 Å². The molecule has 2 unspecified atom stereocenters. The molecule has 20 heavy (non-hydrogen) atoms. The van der Waals surface area contributed by atoms with Crippen LogP contribution in [0.4, 0.5) is 0 Å². The number of oxime groups is 1. The minimum absolute atomic E-state index is 0.270. The summed E-state index contributed by atoms with van der Waals surface area (Å²) in [4.78, 5) is 19.2. The molecule has 2 N–H and O–H groups in total. The van der Waals surface area contributed by atoms with Crippen molar-refractivity contribution in [1.29, 1.82) is 0 Å². The summed E-state index contributed by atoms with van der Waals surface area (Å²) in [6, 6.07) is 9.15. The summed E-state index contributed by atoms with van der Waals surface area (Å²) >= 11 is 0. The second-order valence-corrected chi connectivity index (χ2v) is 4.95. The predicted molar refractivity (Wildman–Crippen MR) is 72.7 cm³/mol. The summed E-state index contributed by atoms with van der Waals surface area (Å²) in [6.07, 6.45) is 0. The first-order valence-electron chi connectivity index (χ1n) is 6.66. The number of fused-ring (bicyclic) bond motifs is 1. The Morgan fingerprint density at radius 2 is 2.25 bits per heavy atom. The van der Waals surface area contributed by atoms with Crippen molar-refractivity contribution in [1.82, 2.24) is 4.90 Å². The lowest BCUT2D eigenvalue weighted by Gasteiger charge is -2.22. The third-order valence-corrected chi connectivity index (χ3v) is 3.61. The average molecular weight is 275 g/mol. The maximum absolute atomic E-state index is 12.1. The molecule has 6 nitrogen and oxygen atoms in total. The molecule has 0 bridgehead atoms. The fourth-order valence-electron chi connectivity index (χ4n) is 2.48. The minimum atomic E-state index is -0.446. The first-order valence-corrected chi connectivity index (χ1v) is 6.66. The molecule has 106 valence electrons. The van der Waals surface area contributed by atoms with E-state index in [1.165, 1.54) is 0 Å². The second kappa shape index (κ2) is 5.50. The summed E-state index contributed by atoms with van der Waals surface area (Å²) in [7, 11) is 0. The Balaban J connectivity index is 1.61. The monoisotopic (exact) mass is 275 g/mol. The van der Waals surface area contributed by atoms with Gasteiger partial charge in [-0.3, -0.25) is 4.79 Å². The lowest BCUT2D eigenvalue weighted by molar-refractivity contribution is -0.149. The Kier molecular flexibility index (Phi) is 3.56. The van der Waals surface area contributed by atoms with E-state index in [0.717, 1.165) is 12.1 Å². The molecule has 1 saturated heterocycles. The third kappa shape index (κ3) is 2.46. The molecule has 0 radical (unpaired) electrons. The van der Waals surface area contributed by atoms with Crippen molar-refractivity contribution in [2.24, 2.45) is 16.8 Å². The number of nitrogens with zero attached hydrogens (tertiary/aromatic N) is 2. The number of carbonyl (C=O) groups is 1. The highest BCUT2D eigenvalue weighted by Gasteiger charge is 2.42. The molecule has 1 aromatic rings. The van der Waals surface area contributed by atoms with Crippen LogP contribution in [0.1, 0.15) is 5.56 Å². The molecule has 0 saturated carbocycles. The summed E-state index contributed by atoms with van der Waals surface area (Å²) in [5.41, 5.74) is 7.01. The SMILES string of the molecule is NC1C2=NOCCN2CC1C(=O)OCc1ccccc1. The standard InChI is InChI=1S/C14H17N3O3/c15-12-11(8-17-6-7-20-16-13(12)17)14(18)19-9-10-4-2-1-3-5-10/h1-5,11-12H,6-9,15H2. The van der Waals surface area contributed by atoms with E-state index in [1.807, 2.05) is 35.2 Å². The van der Waals surface area contributed by atoms with Crippen molar-refractivity contribution in [3.05, 3.63) is 35.9 Å². The number of ether oxygens (including phenoxy) is 1. The maximum atomic E-state index is 12.1. The van der Waals surface area contributed by atoms with Crippen LogP contribution >= 0.6 is 0 Å². The van der Waals surface area contributed by atoms with Crippen LogP contribution in [0.15, 0.2) is 35.5 Å². The van der Waals surface area contributed by atoms with E-state index in [-0.39, 0.29) is 18.5 Å². The van der Waals surface area contributed by atoms with Crippen LogP contribution < -0.4 is 5.73 Å². The highest BCUT2D eigenvalue weighted by molar-refractivity contribution is 5.95. The van der Waals surface area contributed by atoms with Gasteiger partial charge in [0.05, 0.1) is 18.5 Å². The molecule has 0 aromatic heterocycles. The fraction of sp³-hybridized carbons (Fsp3) is 0.429. The van der Waals surface area contributed by atoms with Gasteiger partial charge in [0.1, 0.15) is 13.2 Å². The number of hydrogen-bond donors (Lipinski definition) is 1. The van der Waals surface area contributed by atoms with Crippen molar-refractivity contribution >= 4 is 11.8 Å². The number of rotatable bonds is 3. The number of amidine groups is 1. The summed E-state index contributed by atoms with van der Waals surface area (Å²) in [5.74, 6) is -0.00414. The largest absolute Gasteiger partial charge is 0.460 e. The summed E-state index contributed by atoms with van der Waals surface area (Å²) in [6.45, 7) is 2.07. The normalized spacial score (nSPS) is 24.6. The van der Waals surface area contributed by atoms with Gasteiger partial charge in [0.2, 0.25) is 0 Å².